The van der Waals surface area contributed by atoms with Gasteiger partial charge in [0.15, 0.2) is 0 Å². The molecule has 0 atom stereocenters. The number of hydrogen-bond acceptors (Lipinski definition) is 3. The Morgan fingerprint density at radius 3 is 2.62 bits per heavy atom. The monoisotopic (exact) mass is 198 g/mol. The fourth-order valence-electron chi connectivity index (χ4n) is 1.17. The third kappa shape index (κ3) is 1.32. The Morgan fingerprint density at radius 1 is 1.23 bits per heavy atom. The minimum absolute atomic E-state index is 0.394. The van der Waals surface area contributed by atoms with E-state index in [1.54, 1.807) is 24.3 Å². The zero-order valence-corrected chi connectivity index (χ0v) is 7.28. The molecule has 0 unspecified atom stereocenters. The highest BCUT2D eigenvalue weighted by Crippen LogP contribution is 2.24. The fourth-order valence-corrected chi connectivity index (χ4v) is 1.80. The van der Waals surface area contributed by atoms with Gasteiger partial charge in [-0.1, -0.05) is 18.2 Å². The summed E-state index contributed by atoms with van der Waals surface area (Å²) < 4.78 is 35.0. The topological polar surface area (TPSA) is 67.5 Å². The van der Waals surface area contributed by atoms with Crippen LogP contribution in [0.3, 0.4) is 0 Å². The van der Waals surface area contributed by atoms with E-state index in [-0.39, 0.29) is 0 Å². The van der Waals surface area contributed by atoms with Crippen molar-refractivity contribution in [3.63, 3.8) is 0 Å². The highest BCUT2D eigenvalue weighted by atomic mass is 32.2. The minimum Gasteiger partial charge on any atom is -0.450 e. The van der Waals surface area contributed by atoms with Crippen molar-refractivity contribution in [2.75, 3.05) is 0 Å². The number of furan rings is 1. The molecule has 0 radical (unpaired) electrons. The van der Waals surface area contributed by atoms with Crippen LogP contribution >= 0.6 is 0 Å². The van der Waals surface area contributed by atoms with Crippen LogP contribution < -0.4 is 0 Å². The molecule has 1 aromatic heterocycles. The van der Waals surface area contributed by atoms with E-state index in [2.05, 4.69) is 0 Å². The molecule has 4 nitrogen and oxygen atoms in total. The minimum atomic E-state index is -4.25. The van der Waals surface area contributed by atoms with Crippen LogP contribution in [0.4, 0.5) is 0 Å². The van der Waals surface area contributed by atoms with E-state index in [0.29, 0.717) is 10.8 Å². The first-order valence-electron chi connectivity index (χ1n) is 3.53. The lowest BCUT2D eigenvalue weighted by Crippen LogP contribution is -1.95. The SMILES string of the molecule is O=S(=O)(O)c1occ2ccccc12. The highest BCUT2D eigenvalue weighted by molar-refractivity contribution is 7.85. The standard InChI is InChI=1S/C8H6O4S/c9-13(10,11)8-7-4-2-1-3-6(7)5-12-8/h1-5H,(H,9,10,11). The Balaban J connectivity index is 2.87. The van der Waals surface area contributed by atoms with Gasteiger partial charge in [0, 0.05) is 10.8 Å². The Labute approximate surface area is 74.5 Å². The van der Waals surface area contributed by atoms with Gasteiger partial charge in [-0.25, -0.2) is 0 Å². The van der Waals surface area contributed by atoms with Gasteiger partial charge < -0.3 is 4.42 Å². The molecule has 0 amide bonds. The van der Waals surface area contributed by atoms with E-state index in [1.165, 1.54) is 6.26 Å². The van der Waals surface area contributed by atoms with Crippen molar-refractivity contribution < 1.29 is 17.4 Å². The van der Waals surface area contributed by atoms with E-state index in [4.69, 9.17) is 8.97 Å². The molecule has 0 aliphatic rings. The van der Waals surface area contributed by atoms with Gasteiger partial charge in [-0.15, -0.1) is 0 Å². The lowest BCUT2D eigenvalue weighted by atomic mass is 10.2. The summed E-state index contributed by atoms with van der Waals surface area (Å²) in [7, 11) is -4.25. The predicted octanol–water partition coefficient (Wildman–Crippen LogP) is 1.68. The highest BCUT2D eigenvalue weighted by Gasteiger charge is 2.17. The van der Waals surface area contributed by atoms with Gasteiger partial charge in [-0.3, -0.25) is 4.55 Å². The number of hydrogen-bond donors (Lipinski definition) is 1. The van der Waals surface area contributed by atoms with Gasteiger partial charge in [0.25, 0.3) is 5.09 Å². The largest absolute Gasteiger partial charge is 0.450 e. The molecule has 0 fully saturated rings. The van der Waals surface area contributed by atoms with Crippen molar-refractivity contribution in [2.24, 2.45) is 0 Å². The van der Waals surface area contributed by atoms with Crippen molar-refractivity contribution in [3.8, 4) is 0 Å². The Hall–Kier alpha value is -1.33. The van der Waals surface area contributed by atoms with Crippen LogP contribution in [0.15, 0.2) is 40.0 Å². The number of fused-ring (bicyclic) bond motifs is 1. The summed E-state index contributed by atoms with van der Waals surface area (Å²) in [5.41, 5.74) is 0. The third-order valence-corrected chi connectivity index (χ3v) is 2.49. The maximum Gasteiger partial charge on any atom is 0.328 e. The second-order valence-corrected chi connectivity index (χ2v) is 3.91. The van der Waals surface area contributed by atoms with Crippen molar-refractivity contribution in [2.45, 2.75) is 5.09 Å². The second-order valence-electron chi connectivity index (χ2n) is 2.59. The predicted molar refractivity (Wildman–Crippen MR) is 46.0 cm³/mol. The van der Waals surface area contributed by atoms with Crippen molar-refractivity contribution in [3.05, 3.63) is 30.5 Å². The van der Waals surface area contributed by atoms with Gasteiger partial charge in [0.05, 0.1) is 0 Å². The normalized spacial score (nSPS) is 12.1. The summed E-state index contributed by atoms with van der Waals surface area (Å²) in [6.07, 6.45) is 1.29. The van der Waals surface area contributed by atoms with Crippen molar-refractivity contribution >= 4 is 20.9 Å². The van der Waals surface area contributed by atoms with Gasteiger partial charge >= 0.3 is 10.1 Å². The lowest BCUT2D eigenvalue weighted by Gasteiger charge is -1.90. The van der Waals surface area contributed by atoms with E-state index in [0.717, 1.165) is 0 Å². The Kier molecular flexibility index (Phi) is 1.64. The van der Waals surface area contributed by atoms with Crippen LogP contribution in [-0.4, -0.2) is 13.0 Å². The lowest BCUT2D eigenvalue weighted by molar-refractivity contribution is 0.412. The summed E-state index contributed by atoms with van der Waals surface area (Å²) in [6, 6.07) is 6.70. The van der Waals surface area contributed by atoms with Gasteiger partial charge in [-0.2, -0.15) is 8.42 Å². The summed E-state index contributed by atoms with van der Waals surface area (Å²) in [6.45, 7) is 0. The van der Waals surface area contributed by atoms with Crippen molar-refractivity contribution in [1.29, 1.82) is 0 Å². The van der Waals surface area contributed by atoms with Gasteiger partial charge in [-0.05, 0) is 6.07 Å². The summed E-state index contributed by atoms with van der Waals surface area (Å²) in [4.78, 5) is 0. The zero-order valence-electron chi connectivity index (χ0n) is 6.47. The van der Waals surface area contributed by atoms with Gasteiger partial charge in [0.1, 0.15) is 6.26 Å². The first kappa shape index (κ1) is 8.28. The molecular weight excluding hydrogens is 192 g/mol. The summed E-state index contributed by atoms with van der Waals surface area (Å²) >= 11 is 0. The first-order valence-corrected chi connectivity index (χ1v) is 4.97. The summed E-state index contributed by atoms with van der Waals surface area (Å²) in [5, 5.41) is 0.642. The first-order chi connectivity index (χ1) is 6.09. The molecule has 2 aromatic rings. The average molecular weight is 198 g/mol. The molecule has 0 spiro atoms. The molecule has 0 saturated heterocycles. The van der Waals surface area contributed by atoms with Gasteiger partial charge in [0.2, 0.25) is 0 Å². The smallest absolute Gasteiger partial charge is 0.328 e. The molecule has 0 aliphatic heterocycles. The second kappa shape index (κ2) is 2.58. The molecule has 0 saturated carbocycles. The van der Waals surface area contributed by atoms with Crippen LogP contribution in [0.25, 0.3) is 10.8 Å². The molecule has 1 N–H and O–H groups in total. The van der Waals surface area contributed by atoms with Crippen LogP contribution in [0, 0.1) is 0 Å². The molecule has 2 rings (SSSR count). The average Bonchev–Trinajstić information content (AvgIpc) is 2.45. The van der Waals surface area contributed by atoms with Crippen molar-refractivity contribution in [1.82, 2.24) is 0 Å². The third-order valence-electron chi connectivity index (χ3n) is 1.71. The van der Waals surface area contributed by atoms with Crippen LogP contribution in [0.2, 0.25) is 0 Å². The Morgan fingerprint density at radius 2 is 1.92 bits per heavy atom. The molecule has 13 heavy (non-hydrogen) atoms. The molecule has 5 heteroatoms. The number of rotatable bonds is 1. The van der Waals surface area contributed by atoms with E-state index in [9.17, 15) is 8.42 Å². The molecule has 0 aliphatic carbocycles. The molecule has 68 valence electrons. The van der Waals surface area contributed by atoms with E-state index in [1.807, 2.05) is 0 Å². The maximum absolute atomic E-state index is 10.8. The fraction of sp³-hybridized carbons (Fsp3) is 0. The quantitative estimate of drug-likeness (QED) is 0.708. The maximum atomic E-state index is 10.8. The Bertz CT molecular complexity index is 538. The van der Waals surface area contributed by atoms with Crippen LogP contribution in [0.5, 0.6) is 0 Å². The summed E-state index contributed by atoms with van der Waals surface area (Å²) in [5.74, 6) is 0. The number of benzene rings is 1. The molecule has 1 heterocycles. The van der Waals surface area contributed by atoms with Crippen LogP contribution in [0.1, 0.15) is 0 Å². The van der Waals surface area contributed by atoms with E-state index >= 15 is 0 Å². The molecule has 0 bridgehead atoms. The van der Waals surface area contributed by atoms with E-state index < -0.39 is 15.2 Å². The molecular formula is C8H6O4S. The molecule has 1 aromatic carbocycles. The zero-order chi connectivity index (χ0) is 9.47. The van der Waals surface area contributed by atoms with Crippen LogP contribution in [-0.2, 0) is 10.1 Å².